The van der Waals surface area contributed by atoms with Crippen molar-refractivity contribution < 1.29 is 4.79 Å². The van der Waals surface area contributed by atoms with Crippen LogP contribution in [0.4, 0.5) is 5.13 Å². The second-order valence-electron chi connectivity index (χ2n) is 7.38. The van der Waals surface area contributed by atoms with Gasteiger partial charge in [-0.15, -0.1) is 11.3 Å². The molecule has 4 nitrogen and oxygen atoms in total. The van der Waals surface area contributed by atoms with E-state index in [1.54, 1.807) is 0 Å². The predicted molar refractivity (Wildman–Crippen MR) is 100 cm³/mol. The number of amides is 1. The number of thiazole rings is 1. The fourth-order valence-corrected chi connectivity index (χ4v) is 3.62. The second-order valence-corrected chi connectivity index (χ2v) is 8.24. The van der Waals surface area contributed by atoms with E-state index in [1.165, 1.54) is 16.9 Å². The Labute approximate surface area is 147 Å². The van der Waals surface area contributed by atoms with Crippen LogP contribution in [0.2, 0.25) is 0 Å². The van der Waals surface area contributed by atoms with Gasteiger partial charge < -0.3 is 10.6 Å². The lowest BCUT2D eigenvalue weighted by Gasteiger charge is -2.21. The van der Waals surface area contributed by atoms with Crippen LogP contribution in [0.5, 0.6) is 0 Å². The summed E-state index contributed by atoms with van der Waals surface area (Å²) in [6.07, 6.45) is 1.80. The Morgan fingerprint density at radius 1 is 1.21 bits per heavy atom. The number of nitrogens with one attached hydrogen (secondary N) is 2. The molecule has 1 aromatic carbocycles. The molecule has 1 saturated heterocycles. The van der Waals surface area contributed by atoms with Gasteiger partial charge in [0.1, 0.15) is 0 Å². The van der Waals surface area contributed by atoms with E-state index in [4.69, 9.17) is 0 Å². The maximum atomic E-state index is 12.3. The Morgan fingerprint density at radius 2 is 1.88 bits per heavy atom. The Morgan fingerprint density at radius 3 is 2.50 bits per heavy atom. The third-order valence-electron chi connectivity index (χ3n) is 4.49. The fraction of sp³-hybridized carbons (Fsp3) is 0.474. The molecule has 1 aliphatic rings. The van der Waals surface area contributed by atoms with Crippen LogP contribution in [-0.4, -0.2) is 24.0 Å². The van der Waals surface area contributed by atoms with Gasteiger partial charge in [0.05, 0.1) is 5.69 Å². The molecule has 1 fully saturated rings. The molecule has 128 valence electrons. The quantitative estimate of drug-likeness (QED) is 0.884. The number of hydrogen-bond acceptors (Lipinski definition) is 4. The summed E-state index contributed by atoms with van der Waals surface area (Å²) in [6, 6.07) is 8.52. The van der Waals surface area contributed by atoms with Crippen molar-refractivity contribution in [2.24, 2.45) is 5.92 Å². The van der Waals surface area contributed by atoms with Crippen LogP contribution in [0.15, 0.2) is 29.6 Å². The molecule has 5 heteroatoms. The van der Waals surface area contributed by atoms with Crippen LogP contribution in [0.1, 0.15) is 39.2 Å². The zero-order valence-electron chi connectivity index (χ0n) is 14.6. The van der Waals surface area contributed by atoms with Gasteiger partial charge in [0, 0.05) is 16.9 Å². The summed E-state index contributed by atoms with van der Waals surface area (Å²) >= 11 is 1.49. The van der Waals surface area contributed by atoms with Gasteiger partial charge in [0.2, 0.25) is 5.91 Å². The van der Waals surface area contributed by atoms with Crippen LogP contribution in [0.25, 0.3) is 11.3 Å². The third-order valence-corrected chi connectivity index (χ3v) is 5.25. The Hall–Kier alpha value is -1.72. The number of carbonyl (C=O) groups excluding carboxylic acids is 1. The van der Waals surface area contributed by atoms with E-state index in [1.807, 2.05) is 5.38 Å². The van der Waals surface area contributed by atoms with E-state index in [2.05, 4.69) is 60.7 Å². The van der Waals surface area contributed by atoms with Crippen LogP contribution in [-0.2, 0) is 10.2 Å². The largest absolute Gasteiger partial charge is 0.317 e. The topological polar surface area (TPSA) is 54.0 Å². The minimum Gasteiger partial charge on any atom is -0.317 e. The first-order valence-corrected chi connectivity index (χ1v) is 9.39. The molecule has 0 unspecified atom stereocenters. The van der Waals surface area contributed by atoms with Gasteiger partial charge in [0.25, 0.3) is 0 Å². The van der Waals surface area contributed by atoms with Gasteiger partial charge in [0.15, 0.2) is 5.13 Å². The number of nitrogens with zero attached hydrogens (tertiary/aromatic N) is 1. The lowest BCUT2D eigenvalue weighted by Crippen LogP contribution is -2.34. The summed E-state index contributed by atoms with van der Waals surface area (Å²) in [6.45, 7) is 8.46. The molecule has 1 amide bonds. The zero-order chi connectivity index (χ0) is 17.2. The lowest BCUT2D eigenvalue weighted by molar-refractivity contribution is -0.120. The van der Waals surface area contributed by atoms with Crippen molar-refractivity contribution in [3.63, 3.8) is 0 Å². The highest BCUT2D eigenvalue weighted by Gasteiger charge is 2.21. The van der Waals surface area contributed by atoms with Crippen molar-refractivity contribution >= 4 is 22.4 Å². The number of piperidine rings is 1. The Balaban J connectivity index is 1.67. The summed E-state index contributed by atoms with van der Waals surface area (Å²) in [5, 5.41) is 8.95. The van der Waals surface area contributed by atoms with Crippen molar-refractivity contribution in [2.45, 2.75) is 39.0 Å². The molecule has 3 rings (SSSR count). The zero-order valence-corrected chi connectivity index (χ0v) is 15.4. The molecule has 24 heavy (non-hydrogen) atoms. The Kier molecular flexibility index (Phi) is 5.01. The number of benzene rings is 1. The standard InChI is InChI=1S/C19H25N3OS/c1-19(2,3)15-6-4-13(5-7-15)16-12-24-18(21-16)22-17(23)14-8-10-20-11-9-14/h4-7,12,14,20H,8-11H2,1-3H3,(H,21,22,23). The first-order chi connectivity index (χ1) is 11.4. The predicted octanol–water partition coefficient (Wildman–Crippen LogP) is 4.05. The van der Waals surface area contributed by atoms with Crippen molar-refractivity contribution in [1.29, 1.82) is 0 Å². The van der Waals surface area contributed by atoms with E-state index >= 15 is 0 Å². The van der Waals surface area contributed by atoms with E-state index in [-0.39, 0.29) is 17.2 Å². The van der Waals surface area contributed by atoms with Crippen molar-refractivity contribution in [3.05, 3.63) is 35.2 Å². The monoisotopic (exact) mass is 343 g/mol. The highest BCUT2D eigenvalue weighted by molar-refractivity contribution is 7.14. The van der Waals surface area contributed by atoms with Gasteiger partial charge >= 0.3 is 0 Å². The third kappa shape index (κ3) is 4.02. The van der Waals surface area contributed by atoms with Gasteiger partial charge in [-0.1, -0.05) is 45.0 Å². The van der Waals surface area contributed by atoms with Crippen LogP contribution < -0.4 is 10.6 Å². The normalized spacial score (nSPS) is 16.1. The maximum absolute atomic E-state index is 12.3. The smallest absolute Gasteiger partial charge is 0.229 e. The summed E-state index contributed by atoms with van der Waals surface area (Å²) < 4.78 is 0. The number of anilines is 1. The molecule has 2 heterocycles. The number of aromatic nitrogens is 1. The molecule has 0 bridgehead atoms. The minimum absolute atomic E-state index is 0.0977. The molecule has 0 atom stereocenters. The van der Waals surface area contributed by atoms with Gasteiger partial charge in [-0.25, -0.2) is 4.98 Å². The average molecular weight is 343 g/mol. The SMILES string of the molecule is CC(C)(C)c1ccc(-c2csc(NC(=O)C3CCNCC3)n2)cc1. The van der Waals surface area contributed by atoms with Crippen LogP contribution in [0, 0.1) is 5.92 Å². The van der Waals surface area contributed by atoms with E-state index in [9.17, 15) is 4.79 Å². The molecule has 0 saturated carbocycles. The molecule has 0 spiro atoms. The highest BCUT2D eigenvalue weighted by atomic mass is 32.1. The van der Waals surface area contributed by atoms with Crippen molar-refractivity contribution in [3.8, 4) is 11.3 Å². The van der Waals surface area contributed by atoms with E-state index in [0.29, 0.717) is 5.13 Å². The van der Waals surface area contributed by atoms with Crippen LogP contribution >= 0.6 is 11.3 Å². The summed E-state index contributed by atoms with van der Waals surface area (Å²) in [7, 11) is 0. The first-order valence-electron chi connectivity index (χ1n) is 8.51. The van der Waals surface area contributed by atoms with Crippen molar-refractivity contribution in [1.82, 2.24) is 10.3 Å². The summed E-state index contributed by atoms with van der Waals surface area (Å²) in [5.74, 6) is 0.199. The molecule has 2 N–H and O–H groups in total. The molecular formula is C19H25N3OS. The number of carbonyl (C=O) groups is 1. The number of hydrogen-bond donors (Lipinski definition) is 2. The molecule has 1 aromatic heterocycles. The van der Waals surface area contributed by atoms with Gasteiger partial charge in [-0.3, -0.25) is 4.79 Å². The first kappa shape index (κ1) is 17.1. The summed E-state index contributed by atoms with van der Waals surface area (Å²) in [5.41, 5.74) is 3.46. The average Bonchev–Trinajstić information content (AvgIpc) is 3.03. The lowest BCUT2D eigenvalue weighted by atomic mass is 9.86. The molecule has 0 radical (unpaired) electrons. The second kappa shape index (κ2) is 7.03. The molecule has 2 aromatic rings. The Bertz CT molecular complexity index is 694. The van der Waals surface area contributed by atoms with Crippen molar-refractivity contribution in [2.75, 3.05) is 18.4 Å². The molecule has 0 aliphatic carbocycles. The molecule has 1 aliphatic heterocycles. The van der Waals surface area contributed by atoms with Gasteiger partial charge in [-0.05, 0) is 36.9 Å². The fourth-order valence-electron chi connectivity index (χ4n) is 2.90. The van der Waals surface area contributed by atoms with Gasteiger partial charge in [-0.2, -0.15) is 0 Å². The maximum Gasteiger partial charge on any atom is 0.229 e. The summed E-state index contributed by atoms with van der Waals surface area (Å²) in [4.78, 5) is 16.9. The van der Waals surface area contributed by atoms with E-state index < -0.39 is 0 Å². The molecular weight excluding hydrogens is 318 g/mol. The highest BCUT2D eigenvalue weighted by Crippen LogP contribution is 2.28. The minimum atomic E-state index is 0.0977. The van der Waals surface area contributed by atoms with Crippen LogP contribution in [0.3, 0.4) is 0 Å². The number of rotatable bonds is 3. The van der Waals surface area contributed by atoms with E-state index in [0.717, 1.165) is 37.2 Å².